The van der Waals surface area contributed by atoms with Crippen molar-refractivity contribution in [2.45, 2.75) is 25.6 Å². The zero-order valence-electron chi connectivity index (χ0n) is 19.2. The van der Waals surface area contributed by atoms with E-state index in [1.807, 2.05) is 36.1 Å². The number of alkyl halides is 3. The predicted molar refractivity (Wildman–Crippen MR) is 124 cm³/mol. The largest absolute Gasteiger partial charge is 0.451 e. The summed E-state index contributed by atoms with van der Waals surface area (Å²) in [7, 11) is 0. The molecule has 6 nitrogen and oxygen atoms in total. The molecule has 35 heavy (non-hydrogen) atoms. The van der Waals surface area contributed by atoms with Crippen molar-refractivity contribution < 1.29 is 22.4 Å². The van der Waals surface area contributed by atoms with Gasteiger partial charge in [0.1, 0.15) is 17.2 Å². The molecule has 2 fully saturated rings. The lowest BCUT2D eigenvalue weighted by molar-refractivity contribution is -0.144. The molecule has 0 aliphatic carbocycles. The summed E-state index contributed by atoms with van der Waals surface area (Å²) in [6.45, 7) is 5.50. The number of hydrogen-bond acceptors (Lipinski definition) is 5. The molecule has 0 bridgehead atoms. The van der Waals surface area contributed by atoms with Gasteiger partial charge in [-0.25, -0.2) is 14.4 Å². The summed E-state index contributed by atoms with van der Waals surface area (Å²) in [5.74, 6) is -2.03. The molecule has 0 spiro atoms. The van der Waals surface area contributed by atoms with Crippen molar-refractivity contribution >= 4 is 22.6 Å². The molecule has 2 saturated heterocycles. The fourth-order valence-electron chi connectivity index (χ4n) is 4.87. The second-order valence-corrected chi connectivity index (χ2v) is 9.09. The molecule has 5 rings (SSSR count). The number of piperazine rings is 1. The van der Waals surface area contributed by atoms with Gasteiger partial charge in [0.05, 0.1) is 0 Å². The molecule has 1 aromatic heterocycles. The number of aromatic nitrogens is 2. The Labute approximate surface area is 200 Å². The number of benzene rings is 2. The molecule has 1 atom stereocenters. The maximum absolute atomic E-state index is 14.3. The minimum Gasteiger partial charge on any atom is -0.354 e. The Bertz CT molecular complexity index is 1240. The van der Waals surface area contributed by atoms with Gasteiger partial charge in [0.25, 0.3) is 5.91 Å². The van der Waals surface area contributed by atoms with E-state index in [-0.39, 0.29) is 28.7 Å². The van der Waals surface area contributed by atoms with Crippen LogP contribution < -0.4 is 4.90 Å². The zero-order chi connectivity index (χ0) is 24.7. The highest BCUT2D eigenvalue weighted by atomic mass is 19.4. The molecule has 0 saturated carbocycles. The number of rotatable bonds is 3. The molecule has 2 aliphatic rings. The van der Waals surface area contributed by atoms with Gasteiger partial charge in [0, 0.05) is 56.3 Å². The summed E-state index contributed by atoms with van der Waals surface area (Å²) < 4.78 is 54.6. The van der Waals surface area contributed by atoms with Gasteiger partial charge in [0.15, 0.2) is 0 Å². The zero-order valence-corrected chi connectivity index (χ0v) is 19.2. The van der Waals surface area contributed by atoms with Crippen LogP contribution in [-0.4, -0.2) is 71.0 Å². The van der Waals surface area contributed by atoms with Crippen LogP contribution in [0.1, 0.15) is 28.2 Å². The van der Waals surface area contributed by atoms with E-state index >= 15 is 0 Å². The molecule has 1 amide bonds. The molecule has 0 radical (unpaired) electrons. The van der Waals surface area contributed by atoms with Crippen molar-refractivity contribution in [3.8, 4) is 0 Å². The Hall–Kier alpha value is -3.27. The number of carbonyl (C=O) groups is 1. The Morgan fingerprint density at radius 2 is 1.69 bits per heavy atom. The van der Waals surface area contributed by atoms with Crippen LogP contribution in [0.2, 0.25) is 0 Å². The summed E-state index contributed by atoms with van der Waals surface area (Å²) in [6, 6.07) is 11.7. The van der Waals surface area contributed by atoms with Gasteiger partial charge in [-0.2, -0.15) is 13.2 Å². The number of fused-ring (bicyclic) bond motifs is 1. The van der Waals surface area contributed by atoms with E-state index in [1.165, 1.54) is 6.07 Å². The maximum atomic E-state index is 14.3. The normalized spacial score (nSPS) is 19.5. The minimum atomic E-state index is -4.77. The van der Waals surface area contributed by atoms with Gasteiger partial charge in [0.2, 0.25) is 5.82 Å². The first-order chi connectivity index (χ1) is 16.7. The highest BCUT2D eigenvalue weighted by Gasteiger charge is 2.38. The standard InChI is InChI=1S/C25H25F4N5O/c1-16-5-7-17(8-6-16)23(35)33-13-11-32(12-14-33)18-9-10-34(15-18)22-19-3-2-4-20(26)21(19)30-24(31-22)25(27,28)29/h2-8,18H,9-15H2,1H3/t18-/m1/s1. The van der Waals surface area contributed by atoms with Crippen LogP contribution in [-0.2, 0) is 6.18 Å². The molecule has 3 heterocycles. The summed E-state index contributed by atoms with van der Waals surface area (Å²) in [5.41, 5.74) is 1.44. The number of anilines is 1. The molecule has 184 valence electrons. The van der Waals surface area contributed by atoms with E-state index in [2.05, 4.69) is 14.9 Å². The molecule has 0 unspecified atom stereocenters. The van der Waals surface area contributed by atoms with E-state index in [4.69, 9.17) is 0 Å². The van der Waals surface area contributed by atoms with Gasteiger partial charge in [-0.05, 0) is 37.6 Å². The van der Waals surface area contributed by atoms with Crippen LogP contribution in [0.4, 0.5) is 23.4 Å². The summed E-state index contributed by atoms with van der Waals surface area (Å²) in [4.78, 5) is 26.0. The van der Waals surface area contributed by atoms with Crippen LogP contribution in [0, 0.1) is 12.7 Å². The predicted octanol–water partition coefficient (Wildman–Crippen LogP) is 4.13. The molecular formula is C25H25F4N5O. The average Bonchev–Trinajstić information content (AvgIpc) is 3.33. The van der Waals surface area contributed by atoms with Gasteiger partial charge < -0.3 is 9.80 Å². The van der Waals surface area contributed by atoms with E-state index in [0.717, 1.165) is 18.1 Å². The Kier molecular flexibility index (Phi) is 6.08. The van der Waals surface area contributed by atoms with Crippen LogP contribution in [0.3, 0.4) is 0 Å². The number of aryl methyl sites for hydroxylation is 1. The number of hydrogen-bond donors (Lipinski definition) is 0. The SMILES string of the molecule is Cc1ccc(C(=O)N2CCN([C@@H]3CCN(c4nc(C(F)(F)F)nc5c(F)cccc45)C3)CC2)cc1. The van der Waals surface area contributed by atoms with Crippen LogP contribution >= 0.6 is 0 Å². The van der Waals surface area contributed by atoms with Crippen molar-refractivity contribution in [1.29, 1.82) is 0 Å². The molecule has 2 aromatic carbocycles. The Morgan fingerprint density at radius 3 is 2.37 bits per heavy atom. The minimum absolute atomic E-state index is 0.00635. The van der Waals surface area contributed by atoms with E-state index in [9.17, 15) is 22.4 Å². The van der Waals surface area contributed by atoms with Gasteiger partial charge in [-0.3, -0.25) is 9.69 Å². The van der Waals surface area contributed by atoms with Gasteiger partial charge in [-0.1, -0.05) is 23.8 Å². The number of amides is 1. The number of para-hydroxylation sites is 1. The summed E-state index contributed by atoms with van der Waals surface area (Å²) >= 11 is 0. The number of halogens is 4. The third-order valence-electron chi connectivity index (χ3n) is 6.79. The van der Waals surface area contributed by atoms with E-state index < -0.39 is 17.8 Å². The van der Waals surface area contributed by atoms with E-state index in [1.54, 1.807) is 11.0 Å². The van der Waals surface area contributed by atoms with Crippen molar-refractivity contribution in [3.05, 3.63) is 65.2 Å². The fraction of sp³-hybridized carbons (Fsp3) is 0.400. The highest BCUT2D eigenvalue weighted by Crippen LogP contribution is 2.34. The lowest BCUT2D eigenvalue weighted by Crippen LogP contribution is -2.52. The van der Waals surface area contributed by atoms with Gasteiger partial charge >= 0.3 is 6.18 Å². The van der Waals surface area contributed by atoms with Crippen molar-refractivity contribution in [2.24, 2.45) is 0 Å². The van der Waals surface area contributed by atoms with Gasteiger partial charge in [-0.15, -0.1) is 0 Å². The van der Waals surface area contributed by atoms with Crippen molar-refractivity contribution in [3.63, 3.8) is 0 Å². The smallest absolute Gasteiger partial charge is 0.354 e. The highest BCUT2D eigenvalue weighted by molar-refractivity contribution is 5.94. The Balaban J connectivity index is 1.29. The van der Waals surface area contributed by atoms with Crippen LogP contribution in [0.5, 0.6) is 0 Å². The number of nitrogens with zero attached hydrogens (tertiary/aromatic N) is 5. The lowest BCUT2D eigenvalue weighted by atomic mass is 10.1. The third-order valence-corrected chi connectivity index (χ3v) is 6.79. The lowest BCUT2D eigenvalue weighted by Gasteiger charge is -2.38. The third kappa shape index (κ3) is 4.67. The number of carbonyl (C=O) groups excluding carboxylic acids is 1. The van der Waals surface area contributed by atoms with Crippen LogP contribution in [0.15, 0.2) is 42.5 Å². The average molecular weight is 488 g/mol. The summed E-state index contributed by atoms with van der Waals surface area (Å²) in [5, 5.41) is 0.271. The first kappa shape index (κ1) is 23.5. The first-order valence-corrected chi connectivity index (χ1v) is 11.6. The molecule has 3 aromatic rings. The second kappa shape index (κ2) is 9.07. The Morgan fingerprint density at radius 1 is 0.971 bits per heavy atom. The maximum Gasteiger partial charge on any atom is 0.451 e. The van der Waals surface area contributed by atoms with Crippen molar-refractivity contribution in [1.82, 2.24) is 19.8 Å². The monoisotopic (exact) mass is 487 g/mol. The fourth-order valence-corrected chi connectivity index (χ4v) is 4.87. The second-order valence-electron chi connectivity index (χ2n) is 9.09. The first-order valence-electron chi connectivity index (χ1n) is 11.6. The topological polar surface area (TPSA) is 52.6 Å². The molecule has 0 N–H and O–H groups in total. The molecular weight excluding hydrogens is 462 g/mol. The van der Waals surface area contributed by atoms with Crippen molar-refractivity contribution in [2.75, 3.05) is 44.2 Å². The quantitative estimate of drug-likeness (QED) is 0.520. The van der Waals surface area contributed by atoms with Crippen LogP contribution in [0.25, 0.3) is 10.9 Å². The van der Waals surface area contributed by atoms with E-state index in [0.29, 0.717) is 44.8 Å². The molecule has 2 aliphatic heterocycles. The molecule has 10 heteroatoms. The summed E-state index contributed by atoms with van der Waals surface area (Å²) in [6.07, 6.45) is -4.03.